The van der Waals surface area contributed by atoms with E-state index < -0.39 is 0 Å². The first-order valence-electron chi connectivity index (χ1n) is 5.84. The summed E-state index contributed by atoms with van der Waals surface area (Å²) in [5, 5.41) is 9.11. The number of nitrogens with zero attached hydrogens (tertiary/aromatic N) is 1. The van der Waals surface area contributed by atoms with Crippen LogP contribution in [0, 0.1) is 0 Å². The topological polar surface area (TPSA) is 66.6 Å². The number of nitrogens with two attached hydrogens (primary N) is 1. The van der Waals surface area contributed by atoms with Crippen molar-refractivity contribution in [3.05, 3.63) is 0 Å². The molecule has 1 amide bonds. The summed E-state index contributed by atoms with van der Waals surface area (Å²) >= 11 is 0. The normalized spacial score (nSPS) is 26.1. The first-order chi connectivity index (χ1) is 7.09. The summed E-state index contributed by atoms with van der Waals surface area (Å²) in [5.41, 5.74) is 5.93. The third-order valence-corrected chi connectivity index (χ3v) is 3.57. The highest BCUT2D eigenvalue weighted by atomic mass is 16.3. The van der Waals surface area contributed by atoms with E-state index in [9.17, 15) is 4.79 Å². The van der Waals surface area contributed by atoms with E-state index >= 15 is 0 Å². The van der Waals surface area contributed by atoms with Crippen LogP contribution >= 0.6 is 0 Å². The fourth-order valence-corrected chi connectivity index (χ4v) is 2.50. The second kappa shape index (κ2) is 4.10. The van der Waals surface area contributed by atoms with Gasteiger partial charge in [-0.05, 0) is 12.8 Å². The first-order valence-corrected chi connectivity index (χ1v) is 5.84. The third-order valence-electron chi connectivity index (χ3n) is 3.57. The van der Waals surface area contributed by atoms with Crippen LogP contribution in [0.1, 0.15) is 38.5 Å². The van der Waals surface area contributed by atoms with Crippen LogP contribution in [0.5, 0.6) is 0 Å². The molecular weight excluding hydrogens is 192 g/mol. The summed E-state index contributed by atoms with van der Waals surface area (Å²) in [6, 6.07) is 0. The van der Waals surface area contributed by atoms with E-state index in [2.05, 4.69) is 0 Å². The number of amides is 1. The van der Waals surface area contributed by atoms with Gasteiger partial charge in [-0.25, -0.2) is 0 Å². The Morgan fingerprint density at radius 2 is 1.93 bits per heavy atom. The molecule has 2 fully saturated rings. The average molecular weight is 212 g/mol. The predicted molar refractivity (Wildman–Crippen MR) is 57.2 cm³/mol. The van der Waals surface area contributed by atoms with Crippen molar-refractivity contribution < 1.29 is 9.90 Å². The van der Waals surface area contributed by atoms with E-state index in [1.54, 1.807) is 4.90 Å². The minimum atomic E-state index is -0.311. The second-order valence-corrected chi connectivity index (χ2v) is 5.05. The minimum absolute atomic E-state index is 0.115. The number of likely N-dealkylation sites (tertiary alicyclic amines) is 1. The molecular formula is C11H20N2O2. The van der Waals surface area contributed by atoms with Crippen LogP contribution in [-0.4, -0.2) is 40.6 Å². The number of β-amino-alcohol motifs (C(OH)–C–C–N with tert-alkyl or cyclic N) is 1. The van der Waals surface area contributed by atoms with Crippen LogP contribution in [0.2, 0.25) is 0 Å². The molecule has 2 aliphatic rings. The summed E-state index contributed by atoms with van der Waals surface area (Å²) in [5.74, 6) is 0.115. The zero-order chi connectivity index (χ0) is 10.9. The maximum Gasteiger partial charge on any atom is 0.224 e. The van der Waals surface area contributed by atoms with Gasteiger partial charge in [-0.3, -0.25) is 4.79 Å². The molecule has 1 saturated carbocycles. The fraction of sp³-hybridized carbons (Fsp3) is 0.909. The van der Waals surface area contributed by atoms with Crippen molar-refractivity contribution in [1.82, 2.24) is 4.90 Å². The lowest BCUT2D eigenvalue weighted by Crippen LogP contribution is -2.56. The van der Waals surface area contributed by atoms with Crippen molar-refractivity contribution in [1.29, 1.82) is 0 Å². The molecule has 0 radical (unpaired) electrons. The van der Waals surface area contributed by atoms with Crippen LogP contribution in [0.4, 0.5) is 0 Å². The summed E-state index contributed by atoms with van der Waals surface area (Å²) in [7, 11) is 0. The van der Waals surface area contributed by atoms with Crippen molar-refractivity contribution in [3.8, 4) is 0 Å². The van der Waals surface area contributed by atoms with Crippen LogP contribution in [0.3, 0.4) is 0 Å². The average Bonchev–Trinajstić information content (AvgIpc) is 2.13. The predicted octanol–water partition coefficient (Wildman–Crippen LogP) is 0.241. The van der Waals surface area contributed by atoms with E-state index in [-0.39, 0.29) is 17.6 Å². The molecule has 86 valence electrons. The van der Waals surface area contributed by atoms with Gasteiger partial charge in [-0.2, -0.15) is 0 Å². The Morgan fingerprint density at radius 1 is 1.33 bits per heavy atom. The van der Waals surface area contributed by atoms with Crippen LogP contribution in [0.15, 0.2) is 0 Å². The maximum absolute atomic E-state index is 11.8. The Balaban J connectivity index is 1.82. The molecule has 0 aromatic carbocycles. The lowest BCUT2D eigenvalue weighted by molar-refractivity contribution is -0.142. The van der Waals surface area contributed by atoms with Gasteiger partial charge in [0.2, 0.25) is 5.91 Å². The Morgan fingerprint density at radius 3 is 2.47 bits per heavy atom. The summed E-state index contributed by atoms with van der Waals surface area (Å²) in [4.78, 5) is 13.5. The van der Waals surface area contributed by atoms with E-state index in [0.29, 0.717) is 19.5 Å². The molecule has 4 nitrogen and oxygen atoms in total. The molecule has 1 aliphatic carbocycles. The second-order valence-electron chi connectivity index (χ2n) is 5.05. The Hall–Kier alpha value is -0.610. The standard InChI is InChI=1S/C11H20N2O2/c12-11(4-2-1-3-5-11)6-10(15)13-7-9(14)8-13/h9,14H,1-8,12H2. The Bertz CT molecular complexity index is 243. The summed E-state index contributed by atoms with van der Waals surface area (Å²) in [6.07, 6.45) is 5.62. The first kappa shape index (κ1) is 10.9. The molecule has 0 bridgehead atoms. The molecule has 1 aliphatic heterocycles. The van der Waals surface area contributed by atoms with Gasteiger partial charge in [0.25, 0.3) is 0 Å². The fourth-order valence-electron chi connectivity index (χ4n) is 2.50. The van der Waals surface area contributed by atoms with Crippen molar-refractivity contribution in [2.24, 2.45) is 5.73 Å². The summed E-state index contributed by atoms with van der Waals surface area (Å²) < 4.78 is 0. The number of hydrogen-bond acceptors (Lipinski definition) is 3. The van der Waals surface area contributed by atoms with E-state index in [1.807, 2.05) is 0 Å². The minimum Gasteiger partial charge on any atom is -0.389 e. The summed E-state index contributed by atoms with van der Waals surface area (Å²) in [6.45, 7) is 0.990. The quantitative estimate of drug-likeness (QED) is 0.689. The maximum atomic E-state index is 11.8. The van der Waals surface area contributed by atoms with E-state index in [4.69, 9.17) is 10.8 Å². The van der Waals surface area contributed by atoms with E-state index in [1.165, 1.54) is 6.42 Å². The molecule has 2 rings (SSSR count). The number of carbonyl (C=O) groups excluding carboxylic acids is 1. The number of aliphatic hydroxyl groups is 1. The smallest absolute Gasteiger partial charge is 0.224 e. The van der Waals surface area contributed by atoms with Crippen molar-refractivity contribution in [2.45, 2.75) is 50.2 Å². The van der Waals surface area contributed by atoms with Crippen LogP contribution in [0.25, 0.3) is 0 Å². The molecule has 3 N–H and O–H groups in total. The van der Waals surface area contributed by atoms with Gasteiger partial charge in [0.05, 0.1) is 6.10 Å². The van der Waals surface area contributed by atoms with Gasteiger partial charge in [0.15, 0.2) is 0 Å². The van der Waals surface area contributed by atoms with Crippen molar-refractivity contribution >= 4 is 5.91 Å². The van der Waals surface area contributed by atoms with Gasteiger partial charge in [0, 0.05) is 25.0 Å². The molecule has 0 aromatic heterocycles. The number of hydrogen-bond donors (Lipinski definition) is 2. The van der Waals surface area contributed by atoms with Gasteiger partial charge in [-0.15, -0.1) is 0 Å². The van der Waals surface area contributed by atoms with Crippen molar-refractivity contribution in [2.75, 3.05) is 13.1 Å². The largest absolute Gasteiger partial charge is 0.389 e. The van der Waals surface area contributed by atoms with Gasteiger partial charge >= 0.3 is 0 Å². The van der Waals surface area contributed by atoms with Gasteiger partial charge in [-0.1, -0.05) is 19.3 Å². The monoisotopic (exact) mass is 212 g/mol. The lowest BCUT2D eigenvalue weighted by Gasteiger charge is -2.40. The van der Waals surface area contributed by atoms with Gasteiger partial charge < -0.3 is 15.7 Å². The zero-order valence-electron chi connectivity index (χ0n) is 9.11. The molecule has 0 atom stereocenters. The van der Waals surface area contributed by atoms with Gasteiger partial charge in [0.1, 0.15) is 0 Å². The molecule has 15 heavy (non-hydrogen) atoms. The van der Waals surface area contributed by atoms with E-state index in [0.717, 1.165) is 25.7 Å². The zero-order valence-corrected chi connectivity index (χ0v) is 9.11. The molecule has 0 unspecified atom stereocenters. The molecule has 1 saturated heterocycles. The molecule has 0 spiro atoms. The third kappa shape index (κ3) is 2.49. The number of carbonyl (C=O) groups is 1. The number of aliphatic hydroxyl groups excluding tert-OH is 1. The Kier molecular flexibility index (Phi) is 2.98. The highest BCUT2D eigenvalue weighted by Gasteiger charge is 2.35. The Labute approximate surface area is 90.4 Å². The lowest BCUT2D eigenvalue weighted by atomic mass is 9.80. The van der Waals surface area contributed by atoms with Crippen LogP contribution in [-0.2, 0) is 4.79 Å². The molecule has 0 aromatic rings. The van der Waals surface area contributed by atoms with Crippen LogP contribution < -0.4 is 5.73 Å². The molecule has 4 heteroatoms. The molecule has 1 heterocycles. The highest BCUT2D eigenvalue weighted by molar-refractivity contribution is 5.78. The highest BCUT2D eigenvalue weighted by Crippen LogP contribution is 2.29. The van der Waals surface area contributed by atoms with Crippen molar-refractivity contribution in [3.63, 3.8) is 0 Å². The SMILES string of the molecule is NC1(CC(=O)N2CC(O)C2)CCCCC1. The number of rotatable bonds is 2.